The number of nitrogens with one attached hydrogen (secondary N) is 1. The lowest BCUT2D eigenvalue weighted by atomic mass is 10.0. The Morgan fingerprint density at radius 1 is 1.29 bits per heavy atom. The minimum atomic E-state index is 0. The summed E-state index contributed by atoms with van der Waals surface area (Å²) in [6.07, 6.45) is 1.29. The van der Waals surface area contributed by atoms with Crippen molar-refractivity contribution in [3.63, 3.8) is 0 Å². The number of hydrogen-bond donors (Lipinski definition) is 2. The fourth-order valence-electron chi connectivity index (χ4n) is 2.01. The van der Waals surface area contributed by atoms with Gasteiger partial charge in [0.15, 0.2) is 0 Å². The van der Waals surface area contributed by atoms with Crippen LogP contribution in [0.15, 0.2) is 30.3 Å². The summed E-state index contributed by atoms with van der Waals surface area (Å²) in [5, 5.41) is 2.95. The molecule has 1 amide bonds. The second-order valence-corrected chi connectivity index (χ2v) is 5.42. The highest BCUT2D eigenvalue weighted by molar-refractivity contribution is 5.85. The Labute approximate surface area is 133 Å². The van der Waals surface area contributed by atoms with Gasteiger partial charge in [0.25, 0.3) is 0 Å². The van der Waals surface area contributed by atoms with Gasteiger partial charge >= 0.3 is 0 Å². The predicted molar refractivity (Wildman–Crippen MR) is 88.4 cm³/mol. The van der Waals surface area contributed by atoms with Gasteiger partial charge < -0.3 is 15.8 Å². The minimum Gasteiger partial charge on any atom is -0.376 e. The zero-order chi connectivity index (χ0) is 14.8. The van der Waals surface area contributed by atoms with E-state index in [2.05, 4.69) is 19.2 Å². The van der Waals surface area contributed by atoms with E-state index in [0.29, 0.717) is 32.1 Å². The molecule has 3 N–H and O–H groups in total. The van der Waals surface area contributed by atoms with E-state index in [0.717, 1.165) is 12.0 Å². The van der Waals surface area contributed by atoms with Crippen molar-refractivity contribution in [2.45, 2.75) is 39.3 Å². The Bertz CT molecular complexity index is 385. The van der Waals surface area contributed by atoms with Crippen molar-refractivity contribution in [3.05, 3.63) is 35.9 Å². The first-order valence-corrected chi connectivity index (χ1v) is 7.23. The lowest BCUT2D eigenvalue weighted by Crippen LogP contribution is -2.41. The van der Waals surface area contributed by atoms with Gasteiger partial charge in [0.2, 0.25) is 5.91 Å². The first kappa shape index (κ1) is 19.9. The number of hydrogen-bond acceptors (Lipinski definition) is 3. The van der Waals surface area contributed by atoms with Crippen LogP contribution in [0.2, 0.25) is 0 Å². The zero-order valence-corrected chi connectivity index (χ0v) is 13.7. The van der Waals surface area contributed by atoms with Gasteiger partial charge in [-0.1, -0.05) is 44.2 Å². The van der Waals surface area contributed by atoms with E-state index in [1.54, 1.807) is 0 Å². The van der Waals surface area contributed by atoms with Gasteiger partial charge in [-0.05, 0) is 17.9 Å². The molecule has 0 spiro atoms. The normalized spacial score (nSPS) is 11.8. The van der Waals surface area contributed by atoms with Crippen LogP contribution in [0.25, 0.3) is 0 Å². The summed E-state index contributed by atoms with van der Waals surface area (Å²) in [6, 6.07) is 10.0. The molecule has 0 bridgehead atoms. The first-order valence-electron chi connectivity index (χ1n) is 7.23. The van der Waals surface area contributed by atoms with Gasteiger partial charge in [0, 0.05) is 19.0 Å². The number of carbonyl (C=O) groups excluding carboxylic acids is 1. The maximum absolute atomic E-state index is 11.8. The molecule has 1 aromatic rings. The summed E-state index contributed by atoms with van der Waals surface area (Å²) in [7, 11) is 0. The van der Waals surface area contributed by atoms with Crippen LogP contribution in [0, 0.1) is 5.92 Å². The highest BCUT2D eigenvalue weighted by atomic mass is 35.5. The van der Waals surface area contributed by atoms with Crippen molar-refractivity contribution in [1.29, 1.82) is 0 Å². The van der Waals surface area contributed by atoms with Crippen molar-refractivity contribution >= 4 is 18.3 Å². The van der Waals surface area contributed by atoms with Crippen molar-refractivity contribution in [2.75, 3.05) is 13.2 Å². The molecular weight excluding hydrogens is 288 g/mol. The van der Waals surface area contributed by atoms with Gasteiger partial charge in [-0.25, -0.2) is 0 Å². The molecule has 0 aliphatic carbocycles. The molecule has 0 radical (unpaired) electrons. The smallest absolute Gasteiger partial charge is 0.222 e. The second-order valence-electron chi connectivity index (χ2n) is 5.42. The predicted octanol–water partition coefficient (Wildman–Crippen LogP) is 2.50. The van der Waals surface area contributed by atoms with E-state index in [4.69, 9.17) is 10.5 Å². The molecule has 0 aliphatic rings. The van der Waals surface area contributed by atoms with Crippen molar-refractivity contribution < 1.29 is 9.53 Å². The Morgan fingerprint density at radius 2 is 1.95 bits per heavy atom. The fraction of sp³-hybridized carbons (Fsp3) is 0.562. The average molecular weight is 315 g/mol. The molecule has 0 fully saturated rings. The standard InChI is InChI=1S/C16H26N2O2.ClH/c1-13(2)10-15(11-17)18-16(19)8-9-20-12-14-6-4-3-5-7-14;/h3-7,13,15H,8-12,17H2,1-2H3,(H,18,19);1H. The van der Waals surface area contributed by atoms with Gasteiger partial charge in [-0.3, -0.25) is 4.79 Å². The number of amides is 1. The van der Waals surface area contributed by atoms with Gasteiger partial charge in [0.05, 0.1) is 13.2 Å². The Morgan fingerprint density at radius 3 is 2.52 bits per heavy atom. The van der Waals surface area contributed by atoms with Crippen molar-refractivity contribution in [3.8, 4) is 0 Å². The van der Waals surface area contributed by atoms with Gasteiger partial charge in [-0.2, -0.15) is 0 Å². The van der Waals surface area contributed by atoms with E-state index in [-0.39, 0.29) is 24.4 Å². The van der Waals surface area contributed by atoms with Crippen LogP contribution in [-0.2, 0) is 16.1 Å². The highest BCUT2D eigenvalue weighted by Crippen LogP contribution is 2.04. The number of halogens is 1. The first-order chi connectivity index (χ1) is 9.61. The largest absolute Gasteiger partial charge is 0.376 e. The quantitative estimate of drug-likeness (QED) is 0.688. The molecule has 0 saturated heterocycles. The highest BCUT2D eigenvalue weighted by Gasteiger charge is 2.12. The fourth-order valence-corrected chi connectivity index (χ4v) is 2.01. The molecule has 1 unspecified atom stereocenters. The molecular formula is C16H27ClN2O2. The van der Waals surface area contributed by atoms with Crippen LogP contribution in [0.4, 0.5) is 0 Å². The Kier molecular flexibility index (Phi) is 10.9. The molecule has 1 atom stereocenters. The number of carbonyl (C=O) groups is 1. The van der Waals surface area contributed by atoms with E-state index in [1.165, 1.54) is 0 Å². The van der Waals surface area contributed by atoms with Crippen LogP contribution < -0.4 is 11.1 Å². The monoisotopic (exact) mass is 314 g/mol. The third kappa shape index (κ3) is 9.45. The van der Waals surface area contributed by atoms with Crippen molar-refractivity contribution in [1.82, 2.24) is 5.32 Å². The van der Waals surface area contributed by atoms with Crippen LogP contribution in [-0.4, -0.2) is 25.1 Å². The molecule has 0 heterocycles. The molecule has 1 aromatic carbocycles. The molecule has 120 valence electrons. The molecule has 5 heteroatoms. The summed E-state index contributed by atoms with van der Waals surface area (Å²) in [5.41, 5.74) is 6.77. The van der Waals surface area contributed by atoms with Gasteiger partial charge in [-0.15, -0.1) is 12.4 Å². The van der Waals surface area contributed by atoms with Crippen LogP contribution in [0.3, 0.4) is 0 Å². The number of ether oxygens (including phenoxy) is 1. The maximum Gasteiger partial charge on any atom is 0.222 e. The van der Waals surface area contributed by atoms with E-state index in [9.17, 15) is 4.79 Å². The molecule has 0 aliphatic heterocycles. The molecule has 0 aromatic heterocycles. The van der Waals surface area contributed by atoms with E-state index in [1.807, 2.05) is 30.3 Å². The lowest BCUT2D eigenvalue weighted by Gasteiger charge is -2.18. The number of rotatable bonds is 9. The number of nitrogens with two attached hydrogens (primary N) is 1. The maximum atomic E-state index is 11.8. The number of benzene rings is 1. The second kappa shape index (κ2) is 11.5. The summed E-state index contributed by atoms with van der Waals surface area (Å²) in [5.74, 6) is 0.535. The summed E-state index contributed by atoms with van der Waals surface area (Å²) in [6.45, 7) is 5.70. The van der Waals surface area contributed by atoms with Crippen LogP contribution in [0.5, 0.6) is 0 Å². The lowest BCUT2D eigenvalue weighted by molar-refractivity contribution is -0.123. The molecule has 4 nitrogen and oxygen atoms in total. The van der Waals surface area contributed by atoms with E-state index < -0.39 is 0 Å². The summed E-state index contributed by atoms with van der Waals surface area (Å²) >= 11 is 0. The molecule has 1 rings (SSSR count). The SMILES string of the molecule is CC(C)CC(CN)NC(=O)CCOCc1ccccc1.Cl. The molecule has 0 saturated carbocycles. The Hall–Kier alpha value is -1.10. The minimum absolute atomic E-state index is 0. The third-order valence-corrected chi connectivity index (χ3v) is 2.99. The van der Waals surface area contributed by atoms with Gasteiger partial charge in [0.1, 0.15) is 0 Å². The van der Waals surface area contributed by atoms with Crippen LogP contribution in [0.1, 0.15) is 32.3 Å². The Balaban J connectivity index is 0.00000400. The average Bonchev–Trinajstić information content (AvgIpc) is 2.43. The summed E-state index contributed by atoms with van der Waals surface area (Å²) < 4.78 is 5.49. The summed E-state index contributed by atoms with van der Waals surface area (Å²) in [4.78, 5) is 11.8. The topological polar surface area (TPSA) is 64.3 Å². The molecule has 21 heavy (non-hydrogen) atoms. The third-order valence-electron chi connectivity index (χ3n) is 2.99. The van der Waals surface area contributed by atoms with Crippen LogP contribution >= 0.6 is 12.4 Å². The van der Waals surface area contributed by atoms with Crippen molar-refractivity contribution in [2.24, 2.45) is 11.7 Å². The van der Waals surface area contributed by atoms with E-state index >= 15 is 0 Å². The zero-order valence-electron chi connectivity index (χ0n) is 12.9.